The lowest BCUT2D eigenvalue weighted by molar-refractivity contribution is 0.0232. The highest BCUT2D eigenvalue weighted by Gasteiger charge is 2.18. The molecule has 2 rings (SSSR count). The Labute approximate surface area is 82.9 Å². The van der Waals surface area contributed by atoms with E-state index in [4.69, 9.17) is 4.74 Å². The lowest BCUT2D eigenvalue weighted by atomic mass is 10.0. The summed E-state index contributed by atoms with van der Waals surface area (Å²) in [5.41, 5.74) is 1.25. The van der Waals surface area contributed by atoms with Crippen LogP contribution in [0, 0.1) is 0 Å². The van der Waals surface area contributed by atoms with E-state index < -0.39 is 0 Å². The zero-order chi connectivity index (χ0) is 9.10. The number of rotatable bonds is 2. The standard InChI is InChI=1S/C10H15NOS/c1-8-6-9(2-4-12-8)11-10-3-5-13-7-10/h3,5,7-9,11H,2,4,6H2,1H3. The third kappa shape index (κ3) is 2.45. The van der Waals surface area contributed by atoms with Crippen molar-refractivity contribution in [1.82, 2.24) is 0 Å². The van der Waals surface area contributed by atoms with E-state index in [9.17, 15) is 0 Å². The quantitative estimate of drug-likeness (QED) is 0.787. The minimum Gasteiger partial charge on any atom is -0.381 e. The first-order valence-electron chi connectivity index (χ1n) is 4.75. The summed E-state index contributed by atoms with van der Waals surface area (Å²) in [6.07, 6.45) is 2.65. The molecule has 2 nitrogen and oxygen atoms in total. The van der Waals surface area contributed by atoms with Crippen LogP contribution in [-0.2, 0) is 4.74 Å². The number of anilines is 1. The van der Waals surface area contributed by atoms with Gasteiger partial charge in [-0.15, -0.1) is 0 Å². The highest BCUT2D eigenvalue weighted by Crippen LogP contribution is 2.20. The molecule has 0 saturated carbocycles. The second-order valence-electron chi connectivity index (χ2n) is 3.56. The van der Waals surface area contributed by atoms with E-state index in [1.807, 2.05) is 0 Å². The summed E-state index contributed by atoms with van der Waals surface area (Å²) in [6.45, 7) is 3.03. The molecule has 0 radical (unpaired) electrons. The predicted octanol–water partition coefficient (Wildman–Crippen LogP) is 2.73. The molecule has 0 bridgehead atoms. The van der Waals surface area contributed by atoms with Gasteiger partial charge in [0, 0.05) is 23.7 Å². The van der Waals surface area contributed by atoms with Crippen molar-refractivity contribution in [2.45, 2.75) is 31.9 Å². The Kier molecular flexibility index (Phi) is 2.86. The molecule has 13 heavy (non-hydrogen) atoms. The van der Waals surface area contributed by atoms with Crippen LogP contribution in [0.2, 0.25) is 0 Å². The van der Waals surface area contributed by atoms with Crippen molar-refractivity contribution < 1.29 is 4.74 Å². The van der Waals surface area contributed by atoms with E-state index >= 15 is 0 Å². The van der Waals surface area contributed by atoms with Crippen molar-refractivity contribution in [1.29, 1.82) is 0 Å². The molecule has 0 spiro atoms. The Bertz CT molecular complexity index is 247. The number of nitrogens with one attached hydrogen (secondary N) is 1. The maximum Gasteiger partial charge on any atom is 0.0566 e. The predicted molar refractivity (Wildman–Crippen MR) is 56.4 cm³/mol. The van der Waals surface area contributed by atoms with Gasteiger partial charge in [0.1, 0.15) is 0 Å². The van der Waals surface area contributed by atoms with Gasteiger partial charge in [0.25, 0.3) is 0 Å². The fraction of sp³-hybridized carbons (Fsp3) is 0.600. The summed E-state index contributed by atoms with van der Waals surface area (Å²) in [7, 11) is 0. The van der Waals surface area contributed by atoms with Crippen LogP contribution in [0.25, 0.3) is 0 Å². The molecule has 1 aromatic rings. The normalized spacial score (nSPS) is 28.7. The van der Waals surface area contributed by atoms with Crippen LogP contribution in [0.5, 0.6) is 0 Å². The summed E-state index contributed by atoms with van der Waals surface area (Å²) in [5.74, 6) is 0. The monoisotopic (exact) mass is 197 g/mol. The van der Waals surface area contributed by atoms with Crippen LogP contribution < -0.4 is 5.32 Å². The van der Waals surface area contributed by atoms with Gasteiger partial charge < -0.3 is 10.1 Å². The van der Waals surface area contributed by atoms with Gasteiger partial charge in [-0.1, -0.05) is 0 Å². The Morgan fingerprint density at radius 2 is 2.54 bits per heavy atom. The third-order valence-corrected chi connectivity index (χ3v) is 3.06. The van der Waals surface area contributed by atoms with Crippen LogP contribution in [0.3, 0.4) is 0 Å². The average Bonchev–Trinajstić information content (AvgIpc) is 2.57. The molecule has 0 amide bonds. The zero-order valence-corrected chi connectivity index (χ0v) is 8.64. The molecule has 2 atom stereocenters. The molecule has 1 fully saturated rings. The summed E-state index contributed by atoms with van der Waals surface area (Å²) in [6, 6.07) is 2.73. The van der Waals surface area contributed by atoms with Gasteiger partial charge >= 0.3 is 0 Å². The number of hydrogen-bond donors (Lipinski definition) is 1. The van der Waals surface area contributed by atoms with E-state index in [0.29, 0.717) is 12.1 Å². The molecule has 3 heteroatoms. The molecule has 2 heterocycles. The van der Waals surface area contributed by atoms with Gasteiger partial charge in [-0.25, -0.2) is 0 Å². The van der Waals surface area contributed by atoms with Crippen molar-refractivity contribution in [2.75, 3.05) is 11.9 Å². The van der Waals surface area contributed by atoms with E-state index in [-0.39, 0.29) is 0 Å². The SMILES string of the molecule is CC1CC(Nc2ccsc2)CCO1. The van der Waals surface area contributed by atoms with Crippen LogP contribution in [0.1, 0.15) is 19.8 Å². The molecule has 1 aliphatic heterocycles. The Morgan fingerprint density at radius 1 is 1.62 bits per heavy atom. The molecule has 1 aromatic heterocycles. The fourth-order valence-electron chi connectivity index (χ4n) is 1.71. The van der Waals surface area contributed by atoms with Crippen LogP contribution in [0.15, 0.2) is 16.8 Å². The molecule has 1 aliphatic rings. The zero-order valence-electron chi connectivity index (χ0n) is 7.82. The van der Waals surface area contributed by atoms with Gasteiger partial charge in [0.05, 0.1) is 6.10 Å². The Hall–Kier alpha value is -0.540. The molecule has 72 valence electrons. The Morgan fingerprint density at radius 3 is 3.23 bits per heavy atom. The fourth-order valence-corrected chi connectivity index (χ4v) is 2.31. The molecule has 0 aliphatic carbocycles. The van der Waals surface area contributed by atoms with E-state index in [1.165, 1.54) is 5.69 Å². The number of hydrogen-bond acceptors (Lipinski definition) is 3. The van der Waals surface area contributed by atoms with Gasteiger partial charge in [0.15, 0.2) is 0 Å². The lowest BCUT2D eigenvalue weighted by Gasteiger charge is -2.28. The summed E-state index contributed by atoms with van der Waals surface area (Å²) in [5, 5.41) is 7.78. The van der Waals surface area contributed by atoms with Crippen LogP contribution in [0.4, 0.5) is 5.69 Å². The molecule has 1 saturated heterocycles. The third-order valence-electron chi connectivity index (χ3n) is 2.38. The van der Waals surface area contributed by atoms with Crippen LogP contribution >= 0.6 is 11.3 Å². The Balaban J connectivity index is 1.87. The first-order valence-corrected chi connectivity index (χ1v) is 5.69. The largest absolute Gasteiger partial charge is 0.381 e. The van der Waals surface area contributed by atoms with E-state index in [1.54, 1.807) is 11.3 Å². The maximum atomic E-state index is 5.49. The molecule has 2 unspecified atom stereocenters. The van der Waals surface area contributed by atoms with Crippen molar-refractivity contribution in [3.8, 4) is 0 Å². The van der Waals surface area contributed by atoms with E-state index in [2.05, 4.69) is 29.1 Å². The first kappa shape index (κ1) is 9.03. The summed E-state index contributed by atoms with van der Waals surface area (Å²) >= 11 is 1.74. The minimum absolute atomic E-state index is 0.407. The second kappa shape index (κ2) is 4.11. The smallest absolute Gasteiger partial charge is 0.0566 e. The highest BCUT2D eigenvalue weighted by atomic mass is 32.1. The van der Waals surface area contributed by atoms with Gasteiger partial charge in [0.2, 0.25) is 0 Å². The van der Waals surface area contributed by atoms with Crippen molar-refractivity contribution >= 4 is 17.0 Å². The second-order valence-corrected chi connectivity index (χ2v) is 4.34. The number of thiophene rings is 1. The highest BCUT2D eigenvalue weighted by molar-refractivity contribution is 7.08. The van der Waals surface area contributed by atoms with Crippen LogP contribution in [-0.4, -0.2) is 18.8 Å². The lowest BCUT2D eigenvalue weighted by Crippen LogP contribution is -2.32. The average molecular weight is 197 g/mol. The molecular formula is C10H15NOS. The maximum absolute atomic E-state index is 5.49. The van der Waals surface area contributed by atoms with Gasteiger partial charge in [-0.2, -0.15) is 11.3 Å². The first-order chi connectivity index (χ1) is 6.34. The summed E-state index contributed by atoms with van der Waals surface area (Å²) in [4.78, 5) is 0. The van der Waals surface area contributed by atoms with E-state index in [0.717, 1.165) is 19.4 Å². The number of ether oxygens (including phenoxy) is 1. The molecule has 1 N–H and O–H groups in total. The topological polar surface area (TPSA) is 21.3 Å². The minimum atomic E-state index is 0.407. The van der Waals surface area contributed by atoms with Gasteiger partial charge in [-0.3, -0.25) is 0 Å². The van der Waals surface area contributed by atoms with Crippen molar-refractivity contribution in [2.24, 2.45) is 0 Å². The van der Waals surface area contributed by atoms with Crippen molar-refractivity contribution in [3.63, 3.8) is 0 Å². The summed E-state index contributed by atoms with van der Waals surface area (Å²) < 4.78 is 5.49. The van der Waals surface area contributed by atoms with Crippen molar-refractivity contribution in [3.05, 3.63) is 16.8 Å². The van der Waals surface area contributed by atoms with Gasteiger partial charge in [-0.05, 0) is 31.2 Å². The molecule has 0 aromatic carbocycles. The molecular weight excluding hydrogens is 182 g/mol.